The number of carbonyl (C=O) groups is 3. The van der Waals surface area contributed by atoms with Crippen LogP contribution in [0.2, 0.25) is 0 Å². The Hall–Kier alpha value is -3.89. The summed E-state index contributed by atoms with van der Waals surface area (Å²) in [7, 11) is 0. The van der Waals surface area contributed by atoms with Gasteiger partial charge in [-0.25, -0.2) is 4.79 Å². The average molecular weight is 536 g/mol. The van der Waals surface area contributed by atoms with E-state index in [0.717, 1.165) is 24.0 Å². The summed E-state index contributed by atoms with van der Waals surface area (Å²) in [6.45, 7) is 0. The van der Waals surface area contributed by atoms with E-state index in [1.807, 2.05) is 6.07 Å². The maximum absolute atomic E-state index is 13.0. The van der Waals surface area contributed by atoms with Gasteiger partial charge in [-0.2, -0.15) is 0 Å². The molecule has 39 heavy (non-hydrogen) atoms. The van der Waals surface area contributed by atoms with Gasteiger partial charge in [-0.05, 0) is 54.9 Å². The standard InChI is InChI=1S/C29H29NO9/c31-19-9-8-16-13-17-7-4-11-28-22(16)24(19)39-25(28)20(10-12-29(17,28)37)38-21(32)14-18(27(35)36)30-26(34)23(33)15-5-2-1-3-6-15/h1-3,5-6,8-10,17-18,23,25,31,33,37H,4,7,11-14H2,(H,30,34)(H,35,36)/t17-,18+,23+,25+,28+,29-/m1/s1. The molecule has 3 aliphatic carbocycles. The van der Waals surface area contributed by atoms with Crippen LogP contribution in [-0.4, -0.2) is 56.0 Å². The van der Waals surface area contributed by atoms with Crippen LogP contribution in [0.15, 0.2) is 54.3 Å². The minimum atomic E-state index is -1.64. The Morgan fingerprint density at radius 1 is 1.15 bits per heavy atom. The first-order valence-electron chi connectivity index (χ1n) is 13.1. The van der Waals surface area contributed by atoms with Crippen LogP contribution in [0, 0.1) is 5.92 Å². The van der Waals surface area contributed by atoms with Gasteiger partial charge in [0.1, 0.15) is 11.8 Å². The molecule has 1 amide bonds. The van der Waals surface area contributed by atoms with Crippen LogP contribution >= 0.6 is 0 Å². The number of ether oxygens (including phenoxy) is 2. The number of nitrogens with one attached hydrogen (secondary N) is 1. The lowest BCUT2D eigenvalue weighted by molar-refractivity contribution is -0.161. The number of carboxylic acid groups (broad SMARTS) is 1. The SMILES string of the molecule is O=C(C[C@H](NC(=O)[C@@H](O)c1ccccc1)C(=O)O)OC1=CC[C@@]2(O)[C@@H]3CCC[C@@]24c2c(ccc(O)c2O[C@@H]14)C3. The van der Waals surface area contributed by atoms with Crippen molar-refractivity contribution in [1.29, 1.82) is 0 Å². The predicted molar refractivity (Wildman–Crippen MR) is 135 cm³/mol. The Balaban J connectivity index is 1.23. The number of carbonyl (C=O) groups excluding carboxylic acids is 2. The number of hydrogen-bond donors (Lipinski definition) is 5. The predicted octanol–water partition coefficient (Wildman–Crippen LogP) is 2.00. The van der Waals surface area contributed by atoms with E-state index in [1.54, 1.807) is 30.3 Å². The van der Waals surface area contributed by atoms with Crippen LogP contribution in [0.5, 0.6) is 11.5 Å². The summed E-state index contributed by atoms with van der Waals surface area (Å²) >= 11 is 0. The molecule has 4 aliphatic rings. The molecule has 10 heteroatoms. The van der Waals surface area contributed by atoms with Gasteiger partial charge in [0.15, 0.2) is 23.7 Å². The minimum absolute atomic E-state index is 0.0171. The molecule has 10 nitrogen and oxygen atoms in total. The maximum Gasteiger partial charge on any atom is 0.326 e. The number of aliphatic hydroxyl groups is 2. The molecular weight excluding hydrogens is 506 g/mol. The zero-order chi connectivity index (χ0) is 27.5. The fraction of sp³-hybridized carbons (Fsp3) is 0.414. The molecule has 6 atom stereocenters. The van der Waals surface area contributed by atoms with Gasteiger partial charge in [0, 0.05) is 5.56 Å². The van der Waals surface area contributed by atoms with Gasteiger partial charge in [-0.15, -0.1) is 0 Å². The molecule has 2 aromatic rings. The quantitative estimate of drug-likeness (QED) is 0.334. The van der Waals surface area contributed by atoms with Crippen molar-refractivity contribution in [2.24, 2.45) is 5.92 Å². The van der Waals surface area contributed by atoms with E-state index in [4.69, 9.17) is 9.47 Å². The third kappa shape index (κ3) is 3.73. The van der Waals surface area contributed by atoms with E-state index >= 15 is 0 Å². The number of carboxylic acids is 1. The number of aromatic hydroxyl groups is 1. The number of aliphatic hydroxyl groups excluding tert-OH is 1. The lowest BCUT2D eigenvalue weighted by atomic mass is 9.47. The molecule has 1 fully saturated rings. The highest BCUT2D eigenvalue weighted by atomic mass is 16.6. The highest BCUT2D eigenvalue weighted by Crippen LogP contribution is 2.67. The van der Waals surface area contributed by atoms with Gasteiger partial charge in [-0.3, -0.25) is 9.59 Å². The van der Waals surface area contributed by atoms with Crippen molar-refractivity contribution in [2.75, 3.05) is 0 Å². The Kier molecular flexibility index (Phi) is 5.92. The normalized spacial score (nSPS) is 29.2. The van der Waals surface area contributed by atoms with Crippen molar-refractivity contribution in [1.82, 2.24) is 5.32 Å². The van der Waals surface area contributed by atoms with E-state index < -0.39 is 53.5 Å². The smallest absolute Gasteiger partial charge is 0.326 e. The van der Waals surface area contributed by atoms with Crippen molar-refractivity contribution in [2.45, 2.75) is 67.8 Å². The number of phenols is 1. The van der Waals surface area contributed by atoms with Crippen LogP contribution < -0.4 is 10.1 Å². The molecule has 0 aromatic heterocycles. The molecule has 5 N–H and O–H groups in total. The summed E-state index contributed by atoms with van der Waals surface area (Å²) in [6.07, 6.45) is 1.57. The largest absolute Gasteiger partial charge is 0.504 e. The van der Waals surface area contributed by atoms with E-state index in [0.29, 0.717) is 12.8 Å². The molecular formula is C29H29NO9. The number of amides is 1. The summed E-state index contributed by atoms with van der Waals surface area (Å²) in [5.74, 6) is -2.99. The zero-order valence-corrected chi connectivity index (χ0v) is 21.0. The Bertz CT molecular complexity index is 1390. The number of aliphatic carboxylic acids is 1. The first-order valence-corrected chi connectivity index (χ1v) is 13.1. The lowest BCUT2D eigenvalue weighted by Crippen LogP contribution is -2.67. The number of benzene rings is 2. The monoisotopic (exact) mass is 535 g/mol. The van der Waals surface area contributed by atoms with E-state index in [1.165, 1.54) is 12.1 Å². The second-order valence-electron chi connectivity index (χ2n) is 10.8. The van der Waals surface area contributed by atoms with Crippen molar-refractivity contribution in [3.05, 3.63) is 71.0 Å². The van der Waals surface area contributed by atoms with Crippen molar-refractivity contribution < 1.29 is 44.3 Å². The van der Waals surface area contributed by atoms with Gasteiger partial charge in [0.25, 0.3) is 5.91 Å². The van der Waals surface area contributed by atoms with E-state index in [9.17, 15) is 34.8 Å². The topological polar surface area (TPSA) is 163 Å². The molecule has 1 heterocycles. The fourth-order valence-corrected chi connectivity index (χ4v) is 7.11. The first-order chi connectivity index (χ1) is 18.7. The second kappa shape index (κ2) is 9.10. The Morgan fingerprint density at radius 2 is 1.92 bits per heavy atom. The molecule has 204 valence electrons. The second-order valence-corrected chi connectivity index (χ2v) is 10.8. The van der Waals surface area contributed by atoms with Gasteiger partial charge >= 0.3 is 11.9 Å². The van der Waals surface area contributed by atoms with Crippen molar-refractivity contribution >= 4 is 17.8 Å². The van der Waals surface area contributed by atoms with Crippen LogP contribution in [0.4, 0.5) is 0 Å². The molecule has 1 saturated carbocycles. The van der Waals surface area contributed by atoms with Crippen LogP contribution in [0.25, 0.3) is 0 Å². The summed E-state index contributed by atoms with van der Waals surface area (Å²) in [5, 5.41) is 44.8. The third-order valence-corrected chi connectivity index (χ3v) is 8.84. The highest BCUT2D eigenvalue weighted by Gasteiger charge is 2.70. The van der Waals surface area contributed by atoms with E-state index in [-0.39, 0.29) is 35.2 Å². The zero-order valence-electron chi connectivity index (χ0n) is 21.0. The average Bonchev–Trinajstić information content (AvgIpc) is 3.26. The van der Waals surface area contributed by atoms with Crippen LogP contribution in [-0.2, 0) is 31.0 Å². The van der Waals surface area contributed by atoms with Crippen LogP contribution in [0.1, 0.15) is 54.9 Å². The molecule has 0 radical (unpaired) electrons. The van der Waals surface area contributed by atoms with Crippen molar-refractivity contribution in [3.8, 4) is 11.5 Å². The van der Waals surface area contributed by atoms with Crippen molar-refractivity contribution in [3.63, 3.8) is 0 Å². The molecule has 1 spiro atoms. The highest BCUT2D eigenvalue weighted by molar-refractivity contribution is 5.89. The molecule has 0 unspecified atom stereocenters. The third-order valence-electron chi connectivity index (χ3n) is 8.84. The molecule has 1 aliphatic heterocycles. The number of hydrogen-bond acceptors (Lipinski definition) is 8. The Labute approximate surface area is 223 Å². The molecule has 2 aromatic carbocycles. The van der Waals surface area contributed by atoms with Gasteiger partial charge < -0.3 is 35.2 Å². The van der Waals surface area contributed by atoms with Gasteiger partial charge in [0.05, 0.1) is 17.4 Å². The number of rotatable bonds is 7. The summed E-state index contributed by atoms with van der Waals surface area (Å²) in [4.78, 5) is 37.3. The molecule has 0 saturated heterocycles. The fourth-order valence-electron chi connectivity index (χ4n) is 7.11. The van der Waals surface area contributed by atoms with E-state index in [2.05, 4.69) is 5.32 Å². The van der Waals surface area contributed by atoms with Gasteiger partial charge in [-0.1, -0.05) is 42.8 Å². The molecule has 6 rings (SSSR count). The number of esters is 1. The maximum atomic E-state index is 13.0. The number of phenolic OH excluding ortho intramolecular Hbond substituents is 1. The van der Waals surface area contributed by atoms with Crippen LogP contribution in [0.3, 0.4) is 0 Å². The van der Waals surface area contributed by atoms with Gasteiger partial charge in [0.2, 0.25) is 0 Å². The Morgan fingerprint density at radius 3 is 2.67 bits per heavy atom. The summed E-state index contributed by atoms with van der Waals surface area (Å²) < 4.78 is 11.9. The molecule has 2 bridgehead atoms. The first kappa shape index (κ1) is 25.4. The lowest BCUT2D eigenvalue weighted by Gasteiger charge is -2.59. The summed E-state index contributed by atoms with van der Waals surface area (Å²) in [5.41, 5.74) is 0.00115. The minimum Gasteiger partial charge on any atom is -0.504 e. The summed E-state index contributed by atoms with van der Waals surface area (Å²) in [6, 6.07) is 9.79.